The smallest absolute Gasteiger partial charge is 0.141 e. The molecule has 100 valence electrons. The summed E-state index contributed by atoms with van der Waals surface area (Å²) in [4.78, 5) is 0. The second-order valence-corrected chi connectivity index (χ2v) is 5.00. The lowest BCUT2D eigenvalue weighted by Crippen LogP contribution is -2.07. The van der Waals surface area contributed by atoms with Crippen molar-refractivity contribution < 1.29 is 13.5 Å². The largest absolute Gasteiger partial charge is 0.457 e. The lowest BCUT2D eigenvalue weighted by atomic mass is 10.1. The van der Waals surface area contributed by atoms with Crippen LogP contribution >= 0.6 is 15.9 Å². The summed E-state index contributed by atoms with van der Waals surface area (Å²) >= 11 is 3.06. The van der Waals surface area contributed by atoms with Crippen LogP contribution in [0.25, 0.3) is 0 Å². The van der Waals surface area contributed by atoms with Crippen molar-refractivity contribution in [2.75, 3.05) is 0 Å². The van der Waals surface area contributed by atoms with Gasteiger partial charge in [-0.05, 0) is 53.2 Å². The molecule has 0 unspecified atom stereocenters. The number of hydrogen-bond donors (Lipinski definition) is 1. The van der Waals surface area contributed by atoms with Crippen LogP contribution in [0.2, 0.25) is 0 Å². The maximum absolute atomic E-state index is 13.4. The first-order valence-electron chi connectivity index (χ1n) is 5.65. The van der Waals surface area contributed by atoms with Crippen LogP contribution in [0.3, 0.4) is 0 Å². The highest BCUT2D eigenvalue weighted by Crippen LogP contribution is 2.31. The van der Waals surface area contributed by atoms with Gasteiger partial charge in [-0.1, -0.05) is 0 Å². The van der Waals surface area contributed by atoms with Gasteiger partial charge in [0.1, 0.15) is 23.1 Å². The van der Waals surface area contributed by atoms with Gasteiger partial charge in [-0.3, -0.25) is 0 Å². The maximum atomic E-state index is 13.4. The first kappa shape index (κ1) is 14.0. The Morgan fingerprint density at radius 3 is 2.53 bits per heavy atom. The van der Waals surface area contributed by atoms with Crippen LogP contribution in [0, 0.1) is 11.6 Å². The van der Waals surface area contributed by atoms with E-state index in [1.165, 1.54) is 24.3 Å². The number of nitrogens with two attached hydrogens (primary N) is 1. The molecule has 0 saturated heterocycles. The Hall–Kier alpha value is -1.46. The molecule has 0 radical (unpaired) electrons. The fourth-order valence-electron chi connectivity index (χ4n) is 1.64. The first-order valence-corrected chi connectivity index (χ1v) is 6.44. The summed E-state index contributed by atoms with van der Waals surface area (Å²) in [6.07, 6.45) is 0. The molecule has 2 nitrogen and oxygen atoms in total. The van der Waals surface area contributed by atoms with Crippen molar-refractivity contribution in [2.45, 2.75) is 13.0 Å². The Bertz CT molecular complexity index is 602. The number of rotatable bonds is 3. The maximum Gasteiger partial charge on any atom is 0.141 e. The summed E-state index contributed by atoms with van der Waals surface area (Å²) in [5.41, 5.74) is 6.29. The quantitative estimate of drug-likeness (QED) is 0.898. The highest BCUT2D eigenvalue weighted by Gasteiger charge is 2.11. The van der Waals surface area contributed by atoms with E-state index in [4.69, 9.17) is 10.5 Å². The van der Waals surface area contributed by atoms with Gasteiger partial charge in [-0.15, -0.1) is 0 Å². The van der Waals surface area contributed by atoms with Crippen molar-refractivity contribution in [2.24, 2.45) is 5.73 Å². The minimum absolute atomic E-state index is 0.328. The van der Waals surface area contributed by atoms with Gasteiger partial charge in [-0.2, -0.15) is 0 Å². The molecule has 0 saturated carbocycles. The van der Waals surface area contributed by atoms with Crippen molar-refractivity contribution in [3.63, 3.8) is 0 Å². The summed E-state index contributed by atoms with van der Waals surface area (Å²) in [6.45, 7) is 1.73. The fourth-order valence-corrected chi connectivity index (χ4v) is 1.88. The van der Waals surface area contributed by atoms with Gasteiger partial charge in [0.2, 0.25) is 0 Å². The van der Waals surface area contributed by atoms with Crippen molar-refractivity contribution in [1.82, 2.24) is 0 Å². The number of hydrogen-bond acceptors (Lipinski definition) is 2. The molecular formula is C14H12BrF2NO. The van der Waals surface area contributed by atoms with Gasteiger partial charge >= 0.3 is 0 Å². The normalized spacial score (nSPS) is 12.3. The van der Waals surface area contributed by atoms with Crippen LogP contribution in [-0.4, -0.2) is 0 Å². The Morgan fingerprint density at radius 1 is 1.16 bits per heavy atom. The summed E-state index contributed by atoms with van der Waals surface area (Å²) in [7, 11) is 0. The summed E-state index contributed by atoms with van der Waals surface area (Å²) in [5.74, 6) is -0.0732. The highest BCUT2D eigenvalue weighted by atomic mass is 79.9. The van der Waals surface area contributed by atoms with Crippen LogP contribution in [0.1, 0.15) is 18.5 Å². The molecule has 5 heteroatoms. The Balaban J connectivity index is 2.35. The van der Waals surface area contributed by atoms with Gasteiger partial charge in [0.05, 0.1) is 4.47 Å². The molecule has 2 rings (SSSR count). The zero-order valence-electron chi connectivity index (χ0n) is 10.2. The fraction of sp³-hybridized carbons (Fsp3) is 0.143. The molecule has 0 aromatic heterocycles. The summed E-state index contributed by atoms with van der Waals surface area (Å²) in [6, 6.07) is 8.09. The van der Waals surface area contributed by atoms with Crippen LogP contribution < -0.4 is 10.5 Å². The van der Waals surface area contributed by atoms with E-state index in [2.05, 4.69) is 15.9 Å². The molecule has 0 aliphatic rings. The molecule has 0 heterocycles. The van der Waals surface area contributed by atoms with Crippen LogP contribution in [0.5, 0.6) is 11.5 Å². The molecule has 19 heavy (non-hydrogen) atoms. The molecule has 1 atom stereocenters. The SMILES string of the molecule is C[C@@H](N)c1cc(F)ccc1Oc1ccc(Br)c(F)c1. The molecule has 2 N–H and O–H groups in total. The minimum Gasteiger partial charge on any atom is -0.457 e. The van der Waals surface area contributed by atoms with Crippen molar-refractivity contribution >= 4 is 15.9 Å². The third-order valence-corrected chi connectivity index (χ3v) is 3.22. The van der Waals surface area contributed by atoms with E-state index in [-0.39, 0.29) is 11.9 Å². The lowest BCUT2D eigenvalue weighted by molar-refractivity contribution is 0.464. The Kier molecular flexibility index (Phi) is 4.17. The van der Waals surface area contributed by atoms with Gasteiger partial charge in [0, 0.05) is 17.7 Å². The second-order valence-electron chi connectivity index (χ2n) is 4.15. The molecule has 0 amide bonds. The Morgan fingerprint density at radius 2 is 1.89 bits per heavy atom. The van der Waals surface area contributed by atoms with Gasteiger partial charge in [0.25, 0.3) is 0 Å². The monoisotopic (exact) mass is 327 g/mol. The Labute approximate surface area is 118 Å². The van der Waals surface area contributed by atoms with E-state index in [9.17, 15) is 8.78 Å². The third kappa shape index (κ3) is 3.30. The molecule has 2 aromatic rings. The zero-order valence-corrected chi connectivity index (χ0v) is 11.7. The first-order chi connectivity index (χ1) is 8.97. The molecule has 2 aromatic carbocycles. The van der Waals surface area contributed by atoms with E-state index in [0.717, 1.165) is 0 Å². The highest BCUT2D eigenvalue weighted by molar-refractivity contribution is 9.10. The van der Waals surface area contributed by atoms with Crippen LogP contribution in [-0.2, 0) is 0 Å². The molecule has 0 spiro atoms. The second kappa shape index (κ2) is 5.67. The van der Waals surface area contributed by atoms with Gasteiger partial charge in [-0.25, -0.2) is 8.78 Å². The number of benzene rings is 2. The van der Waals surface area contributed by atoms with Crippen LogP contribution in [0.15, 0.2) is 40.9 Å². The van der Waals surface area contributed by atoms with E-state index >= 15 is 0 Å². The average molecular weight is 328 g/mol. The van der Waals surface area contributed by atoms with Crippen molar-refractivity contribution in [3.05, 3.63) is 58.1 Å². The molecular weight excluding hydrogens is 316 g/mol. The van der Waals surface area contributed by atoms with Gasteiger partial charge < -0.3 is 10.5 Å². The third-order valence-electron chi connectivity index (χ3n) is 2.58. The van der Waals surface area contributed by atoms with E-state index in [1.807, 2.05) is 0 Å². The van der Waals surface area contributed by atoms with Crippen LogP contribution in [0.4, 0.5) is 8.78 Å². The molecule has 0 fully saturated rings. The summed E-state index contributed by atoms with van der Waals surface area (Å²) < 4.78 is 32.5. The summed E-state index contributed by atoms with van der Waals surface area (Å²) in [5, 5.41) is 0. The zero-order chi connectivity index (χ0) is 14.0. The van der Waals surface area contributed by atoms with E-state index in [1.54, 1.807) is 19.1 Å². The van der Waals surface area contributed by atoms with E-state index < -0.39 is 5.82 Å². The topological polar surface area (TPSA) is 35.2 Å². The minimum atomic E-state index is -0.429. The molecule has 0 aliphatic carbocycles. The molecule has 0 bridgehead atoms. The van der Waals surface area contributed by atoms with Gasteiger partial charge in [0.15, 0.2) is 0 Å². The van der Waals surface area contributed by atoms with E-state index in [0.29, 0.717) is 21.5 Å². The van der Waals surface area contributed by atoms with Crippen molar-refractivity contribution in [3.8, 4) is 11.5 Å². The number of ether oxygens (including phenoxy) is 1. The molecule has 0 aliphatic heterocycles. The predicted molar refractivity (Wildman–Crippen MR) is 73.2 cm³/mol. The lowest BCUT2D eigenvalue weighted by Gasteiger charge is -2.14. The predicted octanol–water partition coefficient (Wildman–Crippen LogP) is 4.54. The average Bonchev–Trinajstić information content (AvgIpc) is 2.36. The van der Waals surface area contributed by atoms with Crippen molar-refractivity contribution in [1.29, 1.82) is 0 Å². The standard InChI is InChI=1S/C14H12BrF2NO/c1-8(18)11-6-9(16)2-5-14(11)19-10-3-4-12(15)13(17)7-10/h2-8H,18H2,1H3/t8-/m1/s1. The number of halogens is 3.